The first-order valence-corrected chi connectivity index (χ1v) is 9.18. The average molecular weight is 371 g/mol. The summed E-state index contributed by atoms with van der Waals surface area (Å²) in [5.74, 6) is -0.758. The van der Waals surface area contributed by atoms with Crippen LogP contribution in [-0.4, -0.2) is 23.6 Å². The Morgan fingerprint density at radius 1 is 1.12 bits per heavy atom. The third kappa shape index (κ3) is 4.58. The van der Waals surface area contributed by atoms with Gasteiger partial charge in [-0.1, -0.05) is 0 Å². The summed E-state index contributed by atoms with van der Waals surface area (Å²) in [4.78, 5) is 14.5. The number of halogens is 1. The van der Waals surface area contributed by atoms with Crippen LogP contribution in [-0.2, 0) is 0 Å². The number of amides is 1. The number of carbonyl (C=O) groups excluding carboxylic acids is 1. The van der Waals surface area contributed by atoms with Crippen molar-refractivity contribution in [2.75, 3.05) is 16.8 Å². The van der Waals surface area contributed by atoms with Crippen LogP contribution in [0.25, 0.3) is 0 Å². The summed E-state index contributed by atoms with van der Waals surface area (Å²) in [7, 11) is 0. The first kappa shape index (κ1) is 18.3. The Morgan fingerprint density at radius 2 is 1.81 bits per heavy atom. The van der Waals surface area contributed by atoms with Crippen molar-refractivity contribution in [2.24, 2.45) is 0 Å². The predicted octanol–water partition coefficient (Wildman–Crippen LogP) is 4.33. The lowest BCUT2D eigenvalue weighted by atomic mass is 10.0. The molecule has 0 radical (unpaired) electrons. The second-order valence-corrected chi connectivity index (χ2v) is 6.91. The van der Waals surface area contributed by atoms with Crippen LogP contribution in [0.2, 0.25) is 0 Å². The highest BCUT2D eigenvalue weighted by molar-refractivity contribution is 7.80. The number of anilines is 2. The average Bonchev–Trinajstić information content (AvgIpc) is 2.63. The molecule has 6 heteroatoms. The third-order valence-electron chi connectivity index (χ3n) is 4.59. The number of carbonyl (C=O) groups is 1. The van der Waals surface area contributed by atoms with E-state index >= 15 is 0 Å². The molecule has 2 aromatic carbocycles. The first-order chi connectivity index (χ1) is 12.5. The number of hydrogen-bond donors (Lipinski definition) is 2. The van der Waals surface area contributed by atoms with Crippen LogP contribution in [0.3, 0.4) is 0 Å². The predicted molar refractivity (Wildman–Crippen MR) is 107 cm³/mol. The van der Waals surface area contributed by atoms with Gasteiger partial charge in [-0.3, -0.25) is 10.1 Å². The van der Waals surface area contributed by atoms with Gasteiger partial charge in [0.05, 0.1) is 0 Å². The smallest absolute Gasteiger partial charge is 0.257 e. The van der Waals surface area contributed by atoms with E-state index in [1.165, 1.54) is 49.2 Å². The molecule has 1 aliphatic rings. The third-order valence-corrected chi connectivity index (χ3v) is 4.80. The summed E-state index contributed by atoms with van der Waals surface area (Å²) in [6, 6.07) is 13.9. The van der Waals surface area contributed by atoms with Crippen LogP contribution in [0.4, 0.5) is 15.8 Å². The van der Waals surface area contributed by atoms with E-state index in [1.54, 1.807) is 0 Å². The number of benzene rings is 2. The normalized spacial score (nSPS) is 16.8. The fourth-order valence-electron chi connectivity index (χ4n) is 3.16. The molecule has 0 saturated carbocycles. The highest BCUT2D eigenvalue weighted by Crippen LogP contribution is 2.25. The van der Waals surface area contributed by atoms with Gasteiger partial charge in [-0.25, -0.2) is 4.39 Å². The monoisotopic (exact) mass is 371 g/mol. The molecule has 2 N–H and O–H groups in total. The number of hydrogen-bond acceptors (Lipinski definition) is 3. The summed E-state index contributed by atoms with van der Waals surface area (Å²) < 4.78 is 12.9. The molecule has 2 aromatic rings. The minimum atomic E-state index is -0.384. The fourth-order valence-corrected chi connectivity index (χ4v) is 3.37. The standard InChI is InChI=1S/C20H22FN3OS/c1-14-4-2-3-13-24(14)18-11-9-17(10-12-18)22-20(26)23-19(25)15-5-7-16(21)8-6-15/h5-12,14H,2-4,13H2,1H3,(H2,22,23,25,26)/t14-/m0/s1. The minimum absolute atomic E-state index is 0.207. The summed E-state index contributed by atoms with van der Waals surface area (Å²) in [6.45, 7) is 3.34. The molecule has 4 nitrogen and oxygen atoms in total. The van der Waals surface area contributed by atoms with E-state index in [2.05, 4.69) is 34.6 Å². The van der Waals surface area contributed by atoms with Gasteiger partial charge < -0.3 is 10.2 Å². The van der Waals surface area contributed by atoms with E-state index in [0.717, 1.165) is 12.2 Å². The maximum atomic E-state index is 12.9. The van der Waals surface area contributed by atoms with E-state index in [0.29, 0.717) is 11.6 Å². The maximum absolute atomic E-state index is 12.9. The van der Waals surface area contributed by atoms with Crippen molar-refractivity contribution in [1.29, 1.82) is 0 Å². The number of nitrogens with one attached hydrogen (secondary N) is 2. The van der Waals surface area contributed by atoms with E-state index in [1.807, 2.05) is 12.1 Å². The Kier molecular flexibility index (Phi) is 5.83. The van der Waals surface area contributed by atoms with Crippen molar-refractivity contribution in [3.8, 4) is 0 Å². The zero-order chi connectivity index (χ0) is 18.5. The Labute approximate surface area is 158 Å². The van der Waals surface area contributed by atoms with Crippen LogP contribution in [0.5, 0.6) is 0 Å². The SMILES string of the molecule is C[C@H]1CCCCN1c1ccc(NC(=S)NC(=O)c2ccc(F)cc2)cc1. The molecule has 1 saturated heterocycles. The topological polar surface area (TPSA) is 44.4 Å². The molecule has 136 valence electrons. The molecule has 1 amide bonds. The van der Waals surface area contributed by atoms with E-state index in [9.17, 15) is 9.18 Å². The molecule has 1 atom stereocenters. The molecule has 0 aliphatic carbocycles. The second kappa shape index (κ2) is 8.27. The van der Waals surface area contributed by atoms with Crippen molar-refractivity contribution >= 4 is 34.6 Å². The lowest BCUT2D eigenvalue weighted by Crippen LogP contribution is -2.37. The van der Waals surface area contributed by atoms with Gasteiger partial charge in [0.15, 0.2) is 5.11 Å². The molecule has 1 fully saturated rings. The maximum Gasteiger partial charge on any atom is 0.257 e. The lowest BCUT2D eigenvalue weighted by molar-refractivity contribution is 0.0977. The second-order valence-electron chi connectivity index (χ2n) is 6.50. The summed E-state index contributed by atoms with van der Waals surface area (Å²) in [5.41, 5.74) is 2.36. The quantitative estimate of drug-likeness (QED) is 0.788. The molecular formula is C20H22FN3OS. The van der Waals surface area contributed by atoms with Crippen molar-refractivity contribution in [3.05, 3.63) is 59.9 Å². The van der Waals surface area contributed by atoms with Crippen LogP contribution in [0.15, 0.2) is 48.5 Å². The van der Waals surface area contributed by atoms with Crippen molar-refractivity contribution < 1.29 is 9.18 Å². The van der Waals surface area contributed by atoms with Crippen LogP contribution in [0, 0.1) is 5.82 Å². The van der Waals surface area contributed by atoms with E-state index in [4.69, 9.17) is 12.2 Å². The molecular weight excluding hydrogens is 349 g/mol. The van der Waals surface area contributed by atoms with Gasteiger partial charge in [0.2, 0.25) is 0 Å². The van der Waals surface area contributed by atoms with Crippen molar-refractivity contribution in [2.45, 2.75) is 32.2 Å². The highest BCUT2D eigenvalue weighted by Gasteiger charge is 2.18. The fraction of sp³-hybridized carbons (Fsp3) is 0.300. The summed E-state index contributed by atoms with van der Waals surface area (Å²) in [5, 5.41) is 5.81. The van der Waals surface area contributed by atoms with Crippen molar-refractivity contribution in [1.82, 2.24) is 5.32 Å². The minimum Gasteiger partial charge on any atom is -0.369 e. The van der Waals surface area contributed by atoms with Crippen LogP contribution >= 0.6 is 12.2 Å². The molecule has 0 unspecified atom stereocenters. The molecule has 0 spiro atoms. The lowest BCUT2D eigenvalue weighted by Gasteiger charge is -2.35. The van der Waals surface area contributed by atoms with Gasteiger partial charge in [-0.2, -0.15) is 0 Å². The Bertz CT molecular complexity index is 777. The molecule has 1 heterocycles. The number of nitrogens with zero attached hydrogens (tertiary/aromatic N) is 1. The number of thiocarbonyl (C=S) groups is 1. The Balaban J connectivity index is 1.57. The molecule has 1 aliphatic heterocycles. The number of rotatable bonds is 3. The largest absolute Gasteiger partial charge is 0.369 e. The van der Waals surface area contributed by atoms with Gasteiger partial charge in [-0.05, 0) is 86.9 Å². The highest BCUT2D eigenvalue weighted by atomic mass is 32.1. The van der Waals surface area contributed by atoms with Gasteiger partial charge in [0, 0.05) is 29.5 Å². The van der Waals surface area contributed by atoms with E-state index in [-0.39, 0.29) is 16.8 Å². The Morgan fingerprint density at radius 3 is 2.46 bits per heavy atom. The molecule has 3 rings (SSSR count). The van der Waals surface area contributed by atoms with Crippen molar-refractivity contribution in [3.63, 3.8) is 0 Å². The molecule has 26 heavy (non-hydrogen) atoms. The van der Waals surface area contributed by atoms with E-state index < -0.39 is 0 Å². The zero-order valence-electron chi connectivity index (χ0n) is 14.7. The van der Waals surface area contributed by atoms with Gasteiger partial charge >= 0.3 is 0 Å². The number of piperidine rings is 1. The van der Waals surface area contributed by atoms with Crippen LogP contribution in [0.1, 0.15) is 36.5 Å². The Hall–Kier alpha value is -2.47. The zero-order valence-corrected chi connectivity index (χ0v) is 15.5. The molecule has 0 bridgehead atoms. The van der Waals surface area contributed by atoms with Gasteiger partial charge in [0.1, 0.15) is 5.82 Å². The summed E-state index contributed by atoms with van der Waals surface area (Å²) in [6.07, 6.45) is 3.74. The van der Waals surface area contributed by atoms with Crippen LogP contribution < -0.4 is 15.5 Å². The summed E-state index contributed by atoms with van der Waals surface area (Å²) >= 11 is 5.19. The van der Waals surface area contributed by atoms with Gasteiger partial charge in [0.25, 0.3) is 5.91 Å². The molecule has 0 aromatic heterocycles. The first-order valence-electron chi connectivity index (χ1n) is 8.77. The van der Waals surface area contributed by atoms with Gasteiger partial charge in [-0.15, -0.1) is 0 Å².